The Morgan fingerprint density at radius 3 is 2.82 bits per heavy atom. The van der Waals surface area contributed by atoms with Crippen LogP contribution in [0.25, 0.3) is 10.2 Å². The molecule has 2 aromatic rings. The van der Waals surface area contributed by atoms with Crippen LogP contribution >= 0.6 is 11.3 Å². The molecule has 5 heteroatoms. The Morgan fingerprint density at radius 1 is 1.35 bits per heavy atom. The summed E-state index contributed by atoms with van der Waals surface area (Å²) >= 11 is 1.65. The third-order valence-corrected chi connectivity index (χ3v) is 4.17. The Balaban J connectivity index is 2.16. The second-order valence-corrected chi connectivity index (χ2v) is 5.20. The molecule has 0 radical (unpaired) electrons. The van der Waals surface area contributed by atoms with E-state index in [4.69, 9.17) is 5.73 Å². The van der Waals surface area contributed by atoms with Crippen LogP contribution in [-0.2, 0) is 0 Å². The third-order valence-electron chi connectivity index (χ3n) is 3.26. The van der Waals surface area contributed by atoms with Crippen molar-refractivity contribution in [2.24, 2.45) is 5.73 Å². The predicted octanol–water partition coefficient (Wildman–Crippen LogP) is 2.62. The van der Waals surface area contributed by atoms with Gasteiger partial charge in [-0.1, -0.05) is 13.8 Å². The lowest BCUT2D eigenvalue weighted by Gasteiger charge is -2.27. The number of aromatic nitrogens is 2. The van der Waals surface area contributed by atoms with Crippen LogP contribution in [0, 0.1) is 0 Å². The fourth-order valence-corrected chi connectivity index (χ4v) is 2.49. The molecule has 0 fully saturated rings. The molecule has 92 valence electrons. The van der Waals surface area contributed by atoms with Gasteiger partial charge >= 0.3 is 0 Å². The molecule has 2 rings (SSSR count). The summed E-state index contributed by atoms with van der Waals surface area (Å²) in [5, 5.41) is 5.38. The maximum atomic E-state index is 6.26. The van der Waals surface area contributed by atoms with E-state index in [0.29, 0.717) is 0 Å². The standard InChI is InChI=1S/C12H18N4S/c1-3-12(13,4-2)7-14-11-10-9(5-6-17-10)15-8-16-11/h5-6,8H,3-4,7,13H2,1-2H3,(H,14,15,16). The van der Waals surface area contributed by atoms with E-state index >= 15 is 0 Å². The van der Waals surface area contributed by atoms with Gasteiger partial charge < -0.3 is 11.1 Å². The average molecular weight is 250 g/mol. The lowest BCUT2D eigenvalue weighted by Crippen LogP contribution is -2.45. The average Bonchev–Trinajstić information content (AvgIpc) is 2.84. The Labute approximate surface area is 105 Å². The van der Waals surface area contributed by atoms with Gasteiger partial charge in [0.05, 0.1) is 10.2 Å². The van der Waals surface area contributed by atoms with Crippen molar-refractivity contribution in [1.82, 2.24) is 9.97 Å². The molecule has 0 aliphatic rings. The van der Waals surface area contributed by atoms with Gasteiger partial charge in [-0.2, -0.15) is 0 Å². The van der Waals surface area contributed by atoms with Crippen molar-refractivity contribution in [1.29, 1.82) is 0 Å². The smallest absolute Gasteiger partial charge is 0.147 e. The summed E-state index contributed by atoms with van der Waals surface area (Å²) in [6, 6.07) is 2.00. The van der Waals surface area contributed by atoms with E-state index in [9.17, 15) is 0 Å². The maximum absolute atomic E-state index is 6.26. The summed E-state index contributed by atoms with van der Waals surface area (Å²) in [5.41, 5.74) is 7.09. The van der Waals surface area contributed by atoms with E-state index in [1.807, 2.05) is 11.4 Å². The second kappa shape index (κ2) is 4.98. The van der Waals surface area contributed by atoms with Gasteiger partial charge in [-0.25, -0.2) is 9.97 Å². The van der Waals surface area contributed by atoms with Crippen LogP contribution in [0.2, 0.25) is 0 Å². The van der Waals surface area contributed by atoms with Crippen molar-refractivity contribution in [2.45, 2.75) is 32.2 Å². The molecule has 4 nitrogen and oxygen atoms in total. The number of anilines is 1. The Kier molecular flexibility index (Phi) is 3.59. The first kappa shape index (κ1) is 12.3. The summed E-state index contributed by atoms with van der Waals surface area (Å²) in [5.74, 6) is 0.890. The van der Waals surface area contributed by atoms with Crippen molar-refractivity contribution < 1.29 is 0 Å². The van der Waals surface area contributed by atoms with Crippen LogP contribution in [0.1, 0.15) is 26.7 Å². The highest BCUT2D eigenvalue weighted by Gasteiger charge is 2.20. The summed E-state index contributed by atoms with van der Waals surface area (Å²) in [7, 11) is 0. The first-order valence-corrected chi connectivity index (χ1v) is 6.77. The first-order valence-electron chi connectivity index (χ1n) is 5.89. The van der Waals surface area contributed by atoms with Gasteiger partial charge in [0.25, 0.3) is 0 Å². The zero-order valence-electron chi connectivity index (χ0n) is 10.2. The molecular formula is C12H18N4S. The van der Waals surface area contributed by atoms with E-state index in [2.05, 4.69) is 29.1 Å². The van der Waals surface area contributed by atoms with Gasteiger partial charge in [-0.05, 0) is 24.3 Å². The van der Waals surface area contributed by atoms with Crippen molar-refractivity contribution in [2.75, 3.05) is 11.9 Å². The fourth-order valence-electron chi connectivity index (χ4n) is 1.67. The molecule has 0 saturated carbocycles. The predicted molar refractivity (Wildman–Crippen MR) is 73.4 cm³/mol. The molecule has 0 spiro atoms. The number of hydrogen-bond acceptors (Lipinski definition) is 5. The summed E-state index contributed by atoms with van der Waals surface area (Å²) < 4.78 is 1.10. The van der Waals surface area contributed by atoms with Crippen LogP contribution in [0.4, 0.5) is 5.82 Å². The highest BCUT2D eigenvalue weighted by atomic mass is 32.1. The topological polar surface area (TPSA) is 63.8 Å². The monoisotopic (exact) mass is 250 g/mol. The molecule has 2 heterocycles. The number of nitrogens with one attached hydrogen (secondary N) is 1. The molecule has 0 bridgehead atoms. The maximum Gasteiger partial charge on any atom is 0.147 e. The minimum Gasteiger partial charge on any atom is -0.367 e. The zero-order valence-corrected chi connectivity index (χ0v) is 11.0. The normalized spacial score (nSPS) is 11.9. The van der Waals surface area contributed by atoms with Gasteiger partial charge in [0.1, 0.15) is 12.1 Å². The molecule has 0 aromatic carbocycles. The summed E-state index contributed by atoms with van der Waals surface area (Å²) in [4.78, 5) is 8.50. The third kappa shape index (κ3) is 2.56. The molecule has 3 N–H and O–H groups in total. The van der Waals surface area contributed by atoms with Crippen LogP contribution in [0.15, 0.2) is 17.8 Å². The van der Waals surface area contributed by atoms with E-state index < -0.39 is 0 Å². The second-order valence-electron chi connectivity index (χ2n) is 4.28. The highest BCUT2D eigenvalue weighted by Crippen LogP contribution is 2.25. The number of nitrogens with two attached hydrogens (primary N) is 1. The minimum atomic E-state index is -0.158. The van der Waals surface area contributed by atoms with Gasteiger partial charge in [0.15, 0.2) is 0 Å². The Bertz CT molecular complexity index is 490. The largest absolute Gasteiger partial charge is 0.367 e. The highest BCUT2D eigenvalue weighted by molar-refractivity contribution is 7.17. The molecule has 0 atom stereocenters. The van der Waals surface area contributed by atoms with E-state index in [-0.39, 0.29) is 5.54 Å². The lowest BCUT2D eigenvalue weighted by molar-refractivity contribution is 0.418. The SMILES string of the molecule is CCC(N)(CC)CNc1ncnc2ccsc12. The Morgan fingerprint density at radius 2 is 2.12 bits per heavy atom. The van der Waals surface area contributed by atoms with Crippen molar-refractivity contribution in [3.8, 4) is 0 Å². The molecule has 17 heavy (non-hydrogen) atoms. The number of rotatable bonds is 5. The van der Waals surface area contributed by atoms with Gasteiger partial charge in [0, 0.05) is 12.1 Å². The van der Waals surface area contributed by atoms with Gasteiger partial charge in [-0.15, -0.1) is 11.3 Å². The number of hydrogen-bond donors (Lipinski definition) is 2. The minimum absolute atomic E-state index is 0.158. The molecule has 0 unspecified atom stereocenters. The van der Waals surface area contributed by atoms with Crippen molar-refractivity contribution >= 4 is 27.4 Å². The first-order chi connectivity index (χ1) is 8.18. The van der Waals surface area contributed by atoms with Gasteiger partial charge in [-0.3, -0.25) is 0 Å². The molecular weight excluding hydrogens is 232 g/mol. The zero-order chi connectivity index (χ0) is 12.3. The van der Waals surface area contributed by atoms with Crippen LogP contribution in [-0.4, -0.2) is 22.1 Å². The number of fused-ring (bicyclic) bond motifs is 1. The van der Waals surface area contributed by atoms with E-state index in [1.54, 1.807) is 17.7 Å². The number of thiophene rings is 1. The molecule has 0 aliphatic heterocycles. The van der Waals surface area contributed by atoms with Crippen molar-refractivity contribution in [3.63, 3.8) is 0 Å². The summed E-state index contributed by atoms with van der Waals surface area (Å²) in [6.07, 6.45) is 3.50. The lowest BCUT2D eigenvalue weighted by atomic mass is 9.94. The van der Waals surface area contributed by atoms with Crippen LogP contribution in [0.5, 0.6) is 0 Å². The van der Waals surface area contributed by atoms with Crippen LogP contribution in [0.3, 0.4) is 0 Å². The van der Waals surface area contributed by atoms with E-state index in [1.165, 1.54) is 0 Å². The molecule has 2 aromatic heterocycles. The molecule has 0 saturated heterocycles. The number of nitrogens with zero attached hydrogens (tertiary/aromatic N) is 2. The quantitative estimate of drug-likeness (QED) is 0.856. The van der Waals surface area contributed by atoms with Gasteiger partial charge in [0.2, 0.25) is 0 Å². The Hall–Kier alpha value is -1.20. The molecule has 0 amide bonds. The fraction of sp³-hybridized carbons (Fsp3) is 0.500. The van der Waals surface area contributed by atoms with Crippen molar-refractivity contribution in [3.05, 3.63) is 17.8 Å². The van der Waals surface area contributed by atoms with E-state index in [0.717, 1.165) is 35.4 Å². The molecule has 0 aliphatic carbocycles. The summed E-state index contributed by atoms with van der Waals surface area (Å²) in [6.45, 7) is 4.97. The van der Waals surface area contributed by atoms with Crippen LogP contribution < -0.4 is 11.1 Å².